The van der Waals surface area contributed by atoms with Crippen LogP contribution in [0.1, 0.15) is 35.1 Å². The lowest BCUT2D eigenvalue weighted by molar-refractivity contribution is 0.350. The van der Waals surface area contributed by atoms with Crippen LogP contribution in [-0.4, -0.2) is 0 Å². The first-order valence-electron chi connectivity index (χ1n) is 26.3. The Balaban J connectivity index is 0.883. The highest BCUT2D eigenvalue weighted by molar-refractivity contribution is 7.25. The first kappa shape index (κ1) is 43.1. The largest absolute Gasteiger partial charge is 0.310 e. The normalized spacial score (nSPS) is 17.3. The van der Waals surface area contributed by atoms with E-state index in [0.29, 0.717) is 11.8 Å². The molecule has 0 N–H and O–H groups in total. The van der Waals surface area contributed by atoms with Gasteiger partial charge in [-0.25, -0.2) is 0 Å². The minimum atomic E-state index is -0.157. The van der Waals surface area contributed by atoms with Crippen molar-refractivity contribution in [2.24, 2.45) is 11.8 Å². The number of anilines is 6. The van der Waals surface area contributed by atoms with Gasteiger partial charge in [-0.05, 0) is 183 Å². The Labute approximate surface area is 437 Å². The molecular formula is C71H52N2S. The van der Waals surface area contributed by atoms with Crippen LogP contribution in [0, 0.1) is 11.8 Å². The van der Waals surface area contributed by atoms with Crippen LogP contribution in [0.3, 0.4) is 0 Å². The Morgan fingerprint density at radius 2 is 0.784 bits per heavy atom. The quantitative estimate of drug-likeness (QED) is 0.142. The van der Waals surface area contributed by atoms with Crippen molar-refractivity contribution < 1.29 is 0 Å². The third-order valence-electron chi connectivity index (χ3n) is 16.9. The van der Waals surface area contributed by atoms with Crippen LogP contribution in [-0.2, 0) is 18.3 Å². The molecule has 3 aliphatic rings. The smallest absolute Gasteiger partial charge is 0.0505 e. The number of hydrogen-bond donors (Lipinski definition) is 0. The predicted octanol–water partition coefficient (Wildman–Crippen LogP) is 19.6. The van der Waals surface area contributed by atoms with Gasteiger partial charge < -0.3 is 9.80 Å². The molecule has 3 aliphatic carbocycles. The second-order valence-corrected chi connectivity index (χ2v) is 21.8. The molecule has 11 aromatic carbocycles. The number of para-hydroxylation sites is 2. The Hall–Kier alpha value is -8.50. The maximum Gasteiger partial charge on any atom is 0.0505 e. The van der Waals surface area contributed by atoms with E-state index in [1.165, 1.54) is 128 Å². The average Bonchev–Trinajstić information content (AvgIpc) is 4.22. The van der Waals surface area contributed by atoms with Crippen LogP contribution in [0.25, 0.3) is 64.3 Å². The number of fused-ring (bicyclic) bond motifs is 6. The molecule has 0 radical (unpaired) electrons. The summed E-state index contributed by atoms with van der Waals surface area (Å²) in [5.41, 5.74) is 20.5. The molecule has 1 saturated carbocycles. The monoisotopic (exact) mass is 964 g/mol. The SMILES string of the molecule is c1ccc(-c2ccc(-c3cc4ccccc4cc3-c3ccc(N(c4ccccc4)c4cccc5c4C46c7c(cccc7N(c7ccccc7)c7ccc8c(c7)sc7ccccc78)CC4CCC6C5)cc3)cc2)cc1. The fourth-order valence-corrected chi connectivity index (χ4v) is 15.0. The van der Waals surface area contributed by atoms with Gasteiger partial charge in [0.2, 0.25) is 0 Å². The van der Waals surface area contributed by atoms with Crippen molar-refractivity contribution in [3.05, 3.63) is 277 Å². The lowest BCUT2D eigenvalue weighted by atomic mass is 9.68. The second-order valence-electron chi connectivity index (χ2n) is 20.7. The van der Waals surface area contributed by atoms with Crippen LogP contribution in [0.5, 0.6) is 0 Å². The minimum Gasteiger partial charge on any atom is -0.310 e. The van der Waals surface area contributed by atoms with E-state index in [2.05, 4.69) is 265 Å². The predicted molar refractivity (Wildman–Crippen MR) is 313 cm³/mol. The number of hydrogen-bond acceptors (Lipinski definition) is 3. The second kappa shape index (κ2) is 17.3. The van der Waals surface area contributed by atoms with Crippen molar-refractivity contribution in [2.45, 2.75) is 31.1 Å². The van der Waals surface area contributed by atoms with Gasteiger partial charge in [-0.1, -0.05) is 176 Å². The number of thiophene rings is 1. The topological polar surface area (TPSA) is 6.48 Å². The van der Waals surface area contributed by atoms with E-state index in [0.717, 1.165) is 18.5 Å². The summed E-state index contributed by atoms with van der Waals surface area (Å²) in [6, 6.07) is 95.4. The fraction of sp³-hybridized carbons (Fsp3) is 0.0986. The molecule has 3 unspecified atom stereocenters. The Morgan fingerprint density at radius 3 is 1.38 bits per heavy atom. The van der Waals surface area contributed by atoms with Crippen LogP contribution in [0.4, 0.5) is 34.1 Å². The molecule has 74 heavy (non-hydrogen) atoms. The van der Waals surface area contributed by atoms with Crippen molar-refractivity contribution >= 4 is 76.4 Å². The van der Waals surface area contributed by atoms with Gasteiger partial charge in [0.25, 0.3) is 0 Å². The first-order valence-corrected chi connectivity index (χ1v) is 27.1. The van der Waals surface area contributed by atoms with Gasteiger partial charge in [-0.15, -0.1) is 11.3 Å². The average molecular weight is 965 g/mol. The molecule has 3 heteroatoms. The van der Waals surface area contributed by atoms with Gasteiger partial charge in [-0.3, -0.25) is 0 Å². The Kier molecular flexibility index (Phi) is 10.1. The molecule has 2 nitrogen and oxygen atoms in total. The van der Waals surface area contributed by atoms with Crippen LogP contribution in [0.2, 0.25) is 0 Å². The van der Waals surface area contributed by atoms with E-state index in [9.17, 15) is 0 Å². The van der Waals surface area contributed by atoms with Crippen LogP contribution < -0.4 is 9.80 Å². The van der Waals surface area contributed by atoms with Crippen molar-refractivity contribution in [3.63, 3.8) is 0 Å². The highest BCUT2D eigenvalue weighted by Crippen LogP contribution is 2.69. The fourth-order valence-electron chi connectivity index (χ4n) is 13.9. The summed E-state index contributed by atoms with van der Waals surface area (Å²) >= 11 is 1.90. The molecule has 1 heterocycles. The molecule has 1 spiro atoms. The molecule has 0 aliphatic heterocycles. The summed E-state index contributed by atoms with van der Waals surface area (Å²) in [6.45, 7) is 0. The van der Waals surface area contributed by atoms with Gasteiger partial charge in [0.05, 0.1) is 11.4 Å². The van der Waals surface area contributed by atoms with E-state index >= 15 is 0 Å². The van der Waals surface area contributed by atoms with E-state index in [1.807, 2.05) is 11.3 Å². The maximum atomic E-state index is 2.59. The highest BCUT2D eigenvalue weighted by Gasteiger charge is 2.62. The van der Waals surface area contributed by atoms with E-state index < -0.39 is 0 Å². The summed E-state index contributed by atoms with van der Waals surface area (Å²) in [6.07, 6.45) is 4.64. The molecule has 15 rings (SSSR count). The van der Waals surface area contributed by atoms with Gasteiger partial charge in [0.15, 0.2) is 0 Å². The molecule has 0 saturated heterocycles. The van der Waals surface area contributed by atoms with Crippen molar-refractivity contribution in [2.75, 3.05) is 9.80 Å². The van der Waals surface area contributed by atoms with E-state index in [4.69, 9.17) is 0 Å². The first-order chi connectivity index (χ1) is 36.7. The van der Waals surface area contributed by atoms with Crippen molar-refractivity contribution in [1.29, 1.82) is 0 Å². The summed E-state index contributed by atoms with van der Waals surface area (Å²) in [5.74, 6) is 1.00. The van der Waals surface area contributed by atoms with Crippen molar-refractivity contribution in [3.8, 4) is 33.4 Å². The van der Waals surface area contributed by atoms with Gasteiger partial charge in [-0.2, -0.15) is 0 Å². The molecule has 12 aromatic rings. The van der Waals surface area contributed by atoms with Crippen LogP contribution >= 0.6 is 11.3 Å². The summed E-state index contributed by atoms with van der Waals surface area (Å²) < 4.78 is 2.65. The summed E-state index contributed by atoms with van der Waals surface area (Å²) in [4.78, 5) is 5.16. The Bertz CT molecular complexity index is 4080. The number of rotatable bonds is 9. The van der Waals surface area contributed by atoms with Gasteiger partial charge in [0, 0.05) is 48.3 Å². The minimum absolute atomic E-state index is 0.157. The molecule has 1 fully saturated rings. The van der Waals surface area contributed by atoms with E-state index in [-0.39, 0.29) is 5.41 Å². The maximum absolute atomic E-state index is 2.59. The van der Waals surface area contributed by atoms with Crippen LogP contribution in [0.15, 0.2) is 255 Å². The van der Waals surface area contributed by atoms with Gasteiger partial charge >= 0.3 is 0 Å². The lowest BCUT2D eigenvalue weighted by Crippen LogP contribution is -2.34. The summed E-state index contributed by atoms with van der Waals surface area (Å²) in [5, 5.41) is 5.14. The Morgan fingerprint density at radius 1 is 0.338 bits per heavy atom. The third-order valence-corrected chi connectivity index (χ3v) is 18.1. The molecule has 0 amide bonds. The highest BCUT2D eigenvalue weighted by atomic mass is 32.1. The van der Waals surface area contributed by atoms with Crippen molar-refractivity contribution in [1.82, 2.24) is 0 Å². The standard InChI is InChI=1S/C71H52N2S/c1-4-16-47(17-5-1)48-30-32-49(33-31-48)63-44-51-18-10-11-19-52(51)45-64(63)50-34-38-59(39-35-50)72(57-22-6-2-7-23-57)65-27-14-20-53-42-55-36-37-56-43-54-21-15-28-66(70(54)71(55,56)69(53)65)73(58-24-8-3-9-25-58)60-40-41-62-61-26-12-13-29-67(61)74-68(62)46-60/h1-35,38-41,44-46,55-56H,36-37,42-43H2. The zero-order chi connectivity index (χ0) is 48.7. The molecular weight excluding hydrogens is 913 g/mol. The number of nitrogens with zero attached hydrogens (tertiary/aromatic N) is 2. The molecule has 0 bridgehead atoms. The zero-order valence-corrected chi connectivity index (χ0v) is 41.9. The van der Waals surface area contributed by atoms with Gasteiger partial charge in [0.1, 0.15) is 0 Å². The molecule has 1 aromatic heterocycles. The number of benzene rings is 11. The third kappa shape index (κ3) is 6.76. The molecule has 3 atom stereocenters. The lowest BCUT2D eigenvalue weighted by Gasteiger charge is -2.40. The summed E-state index contributed by atoms with van der Waals surface area (Å²) in [7, 11) is 0. The van der Waals surface area contributed by atoms with E-state index in [1.54, 1.807) is 0 Å². The molecule has 352 valence electrons. The zero-order valence-electron chi connectivity index (χ0n) is 41.0.